The average Bonchev–Trinajstić information content (AvgIpc) is 3.35. The Labute approximate surface area is 200 Å². The van der Waals surface area contributed by atoms with Gasteiger partial charge in [-0.15, -0.1) is 0 Å². The molecule has 0 fully saturated rings. The summed E-state index contributed by atoms with van der Waals surface area (Å²) in [4.78, 5) is 26.2. The molecular weight excluding hydrogens is 470 g/mol. The highest BCUT2D eigenvalue weighted by Gasteiger charge is 2.34. The lowest BCUT2D eigenvalue weighted by Crippen LogP contribution is -2.21. The van der Waals surface area contributed by atoms with E-state index in [1.807, 2.05) is 55.5 Å². The van der Waals surface area contributed by atoms with E-state index >= 15 is 0 Å². The lowest BCUT2D eigenvalue weighted by atomic mass is 9.92. The van der Waals surface area contributed by atoms with Crippen molar-refractivity contribution in [3.05, 3.63) is 94.2 Å². The van der Waals surface area contributed by atoms with Crippen LogP contribution in [-0.4, -0.2) is 30.9 Å². The van der Waals surface area contributed by atoms with Crippen molar-refractivity contribution in [1.29, 1.82) is 0 Å². The lowest BCUT2D eigenvalue weighted by Gasteiger charge is -2.19. The van der Waals surface area contributed by atoms with E-state index in [0.29, 0.717) is 22.4 Å². The zero-order valence-electron chi connectivity index (χ0n) is 18.5. The smallest absolute Gasteiger partial charge is 0.276 e. The molecule has 3 aromatic carbocycles. The van der Waals surface area contributed by atoms with Crippen LogP contribution in [0, 0.1) is 6.92 Å². The molecule has 7 nitrogen and oxygen atoms in total. The number of anilines is 1. The third-order valence-electron chi connectivity index (χ3n) is 5.82. The van der Waals surface area contributed by atoms with Crippen LogP contribution in [-0.2, 0) is 15.6 Å². The fraction of sp³-hybridized carbons (Fsp3) is 0.160. The number of nitrogens with one attached hydrogen (secondary N) is 2. The van der Waals surface area contributed by atoms with Crippen LogP contribution < -0.4 is 10.6 Å². The third-order valence-corrected chi connectivity index (χ3v) is 7.50. The van der Waals surface area contributed by atoms with E-state index in [1.54, 1.807) is 12.1 Å². The monoisotopic (exact) mass is 491 g/mol. The zero-order valence-corrected chi connectivity index (χ0v) is 20.1. The Morgan fingerprint density at radius 2 is 1.85 bits per heavy atom. The van der Waals surface area contributed by atoms with E-state index in [2.05, 4.69) is 15.0 Å². The first-order chi connectivity index (χ1) is 16.2. The van der Waals surface area contributed by atoms with Gasteiger partial charge in [-0.1, -0.05) is 42.5 Å². The third kappa shape index (κ3) is 4.08. The predicted octanol–water partition coefficient (Wildman–Crippen LogP) is 4.23. The number of hydrogen-bond donors (Lipinski definition) is 2. The maximum atomic E-state index is 13.3. The lowest BCUT2D eigenvalue weighted by molar-refractivity contribution is 0.0959. The summed E-state index contributed by atoms with van der Waals surface area (Å²) in [6.45, 7) is 1.96. The normalized spacial score (nSPS) is 15.2. The number of nitrogens with zero attached hydrogens (tertiary/aromatic N) is 1. The van der Waals surface area contributed by atoms with Gasteiger partial charge in [0.25, 0.3) is 11.8 Å². The minimum Gasteiger partial charge on any atom is -0.341 e. The van der Waals surface area contributed by atoms with Gasteiger partial charge in [-0.25, -0.2) is 8.42 Å². The zero-order chi connectivity index (χ0) is 24.0. The molecule has 172 valence electrons. The Kier molecular flexibility index (Phi) is 5.45. The molecule has 34 heavy (non-hydrogen) atoms. The van der Waals surface area contributed by atoms with Crippen LogP contribution in [0.3, 0.4) is 0 Å². The molecule has 0 saturated carbocycles. The van der Waals surface area contributed by atoms with Crippen LogP contribution in [0.25, 0.3) is 10.1 Å². The molecule has 1 unspecified atom stereocenters. The maximum Gasteiger partial charge on any atom is 0.276 e. The number of rotatable bonds is 5. The Balaban J connectivity index is 1.64. The fourth-order valence-corrected chi connectivity index (χ4v) is 5.90. The van der Waals surface area contributed by atoms with Crippen molar-refractivity contribution in [3.63, 3.8) is 0 Å². The van der Waals surface area contributed by atoms with Crippen LogP contribution >= 0.6 is 11.5 Å². The Morgan fingerprint density at radius 3 is 2.62 bits per heavy atom. The van der Waals surface area contributed by atoms with E-state index in [-0.39, 0.29) is 17.4 Å². The van der Waals surface area contributed by atoms with Crippen molar-refractivity contribution in [1.82, 2.24) is 9.69 Å². The molecule has 1 aliphatic heterocycles. The van der Waals surface area contributed by atoms with Gasteiger partial charge >= 0.3 is 0 Å². The topological polar surface area (TPSA) is 105 Å². The minimum absolute atomic E-state index is 0.245. The molecule has 2 N–H and O–H groups in total. The van der Waals surface area contributed by atoms with Gasteiger partial charge in [-0.05, 0) is 53.3 Å². The molecular formula is C25H21N3O4S2. The molecule has 9 heteroatoms. The van der Waals surface area contributed by atoms with Gasteiger partial charge in [-0.2, -0.15) is 4.37 Å². The van der Waals surface area contributed by atoms with Crippen molar-refractivity contribution in [2.24, 2.45) is 0 Å². The number of fused-ring (bicyclic) bond motifs is 2. The van der Waals surface area contributed by atoms with Gasteiger partial charge in [0, 0.05) is 28.5 Å². The molecule has 2 heterocycles. The molecule has 0 radical (unpaired) electrons. The molecule has 0 bridgehead atoms. The summed E-state index contributed by atoms with van der Waals surface area (Å²) >= 11 is 1.23. The number of aromatic nitrogens is 1. The molecule has 1 aliphatic rings. The molecule has 1 atom stereocenters. The first-order valence-electron chi connectivity index (χ1n) is 10.6. The largest absolute Gasteiger partial charge is 0.341 e. The molecule has 5 rings (SSSR count). The van der Waals surface area contributed by atoms with Crippen LogP contribution in [0.1, 0.15) is 49.1 Å². The van der Waals surface area contributed by atoms with Gasteiger partial charge in [0.15, 0.2) is 9.84 Å². The second-order valence-corrected chi connectivity index (χ2v) is 11.4. The van der Waals surface area contributed by atoms with Crippen LogP contribution in [0.5, 0.6) is 0 Å². The average molecular weight is 492 g/mol. The summed E-state index contributed by atoms with van der Waals surface area (Å²) in [5.41, 5.74) is 3.97. The van der Waals surface area contributed by atoms with Crippen molar-refractivity contribution in [2.45, 2.75) is 18.7 Å². The highest BCUT2D eigenvalue weighted by Crippen LogP contribution is 2.39. The SMILES string of the molecule is Cc1ccccc1C1NC(=O)c2cc(CS(C)(=O)=O)cc(NC(=O)c3nsc4ccccc34)c21. The van der Waals surface area contributed by atoms with E-state index in [1.165, 1.54) is 11.5 Å². The second-order valence-electron chi connectivity index (χ2n) is 8.42. The molecule has 4 aromatic rings. The van der Waals surface area contributed by atoms with E-state index < -0.39 is 21.8 Å². The van der Waals surface area contributed by atoms with Crippen molar-refractivity contribution < 1.29 is 18.0 Å². The molecule has 2 amide bonds. The number of carbonyl (C=O) groups is 2. The molecule has 1 aromatic heterocycles. The maximum absolute atomic E-state index is 13.3. The van der Waals surface area contributed by atoms with Crippen LogP contribution in [0.4, 0.5) is 5.69 Å². The van der Waals surface area contributed by atoms with E-state index in [9.17, 15) is 18.0 Å². The summed E-state index contributed by atoms with van der Waals surface area (Å²) < 4.78 is 29.2. The number of amides is 2. The first kappa shape index (κ1) is 22.2. The summed E-state index contributed by atoms with van der Waals surface area (Å²) in [6.07, 6.45) is 1.14. The quantitative estimate of drug-likeness (QED) is 0.435. The molecule has 0 aliphatic carbocycles. The van der Waals surface area contributed by atoms with E-state index in [0.717, 1.165) is 27.5 Å². The Hall–Kier alpha value is -3.56. The minimum atomic E-state index is -3.36. The van der Waals surface area contributed by atoms with Crippen LogP contribution in [0.2, 0.25) is 0 Å². The highest BCUT2D eigenvalue weighted by atomic mass is 32.2. The fourth-order valence-electron chi connectivity index (χ4n) is 4.36. The van der Waals surface area contributed by atoms with Crippen molar-refractivity contribution in [2.75, 3.05) is 11.6 Å². The Bertz CT molecular complexity index is 1570. The number of hydrogen-bond acceptors (Lipinski definition) is 6. The number of benzene rings is 3. The highest BCUT2D eigenvalue weighted by molar-refractivity contribution is 7.89. The standard InChI is InChI=1S/C25H21N3O4S2/c1-14-7-3-4-8-16(14)22-21-18(24(29)27-22)11-15(13-34(2,31)32)12-19(21)26-25(30)23-17-9-5-6-10-20(17)33-28-23/h3-12,22H,13H2,1-2H3,(H,26,30)(H,27,29). The predicted molar refractivity (Wildman–Crippen MR) is 133 cm³/mol. The van der Waals surface area contributed by atoms with Gasteiger partial charge in [0.1, 0.15) is 5.69 Å². The number of carbonyl (C=O) groups excluding carboxylic acids is 2. The van der Waals surface area contributed by atoms with Gasteiger partial charge in [0.2, 0.25) is 0 Å². The van der Waals surface area contributed by atoms with Gasteiger partial charge in [-0.3, -0.25) is 9.59 Å². The number of sulfone groups is 1. The second kappa shape index (κ2) is 8.34. The van der Waals surface area contributed by atoms with E-state index in [4.69, 9.17) is 0 Å². The van der Waals surface area contributed by atoms with Gasteiger partial charge in [0.05, 0.1) is 16.5 Å². The summed E-state index contributed by atoms with van der Waals surface area (Å²) in [5.74, 6) is -0.974. The molecule has 0 spiro atoms. The van der Waals surface area contributed by atoms with Gasteiger partial charge < -0.3 is 10.6 Å². The summed E-state index contributed by atoms with van der Waals surface area (Å²) in [6, 6.07) is 17.9. The molecule has 0 saturated heterocycles. The number of aryl methyl sites for hydroxylation is 1. The first-order valence-corrected chi connectivity index (χ1v) is 13.4. The van der Waals surface area contributed by atoms with Crippen LogP contribution in [0.15, 0.2) is 60.7 Å². The summed E-state index contributed by atoms with van der Waals surface area (Å²) in [5, 5.41) is 6.65. The van der Waals surface area contributed by atoms with Crippen molar-refractivity contribution in [3.8, 4) is 0 Å². The summed E-state index contributed by atoms with van der Waals surface area (Å²) in [7, 11) is -3.36. The Morgan fingerprint density at radius 1 is 1.12 bits per heavy atom. The van der Waals surface area contributed by atoms with Crippen molar-refractivity contribution >= 4 is 49.0 Å².